The summed E-state index contributed by atoms with van der Waals surface area (Å²) in [6, 6.07) is 21.2. The molecule has 29 heavy (non-hydrogen) atoms. The number of nitrogens with zero attached hydrogens (tertiary/aromatic N) is 2. The quantitative estimate of drug-likeness (QED) is 0.547. The van der Waals surface area contributed by atoms with Gasteiger partial charge in [0.25, 0.3) is 0 Å². The van der Waals surface area contributed by atoms with E-state index in [1.807, 2.05) is 66.7 Å². The molecule has 3 aromatic carbocycles. The Morgan fingerprint density at radius 2 is 1.59 bits per heavy atom. The summed E-state index contributed by atoms with van der Waals surface area (Å²) >= 11 is 6.02. The number of aromatic nitrogens is 2. The van der Waals surface area contributed by atoms with Crippen LogP contribution in [0.1, 0.15) is 0 Å². The van der Waals surface area contributed by atoms with Crippen LogP contribution in [-0.4, -0.2) is 23.2 Å². The van der Waals surface area contributed by atoms with Crippen molar-refractivity contribution < 1.29 is 21.9 Å². The lowest BCUT2D eigenvalue weighted by molar-refractivity contribution is -0.00000608. The number of hydrogen-bond donors (Lipinski definition) is 1. The predicted octanol–water partition coefficient (Wildman–Crippen LogP) is 2.47. The minimum Gasteiger partial charge on any atom is -1.00 e. The second-order valence-corrected chi connectivity index (χ2v) is 6.84. The fraction of sp³-hybridized carbons (Fsp3) is 0.0909. The van der Waals surface area contributed by atoms with Crippen molar-refractivity contribution in [3.05, 3.63) is 71.8 Å². The van der Waals surface area contributed by atoms with Gasteiger partial charge in [-0.1, -0.05) is 23.7 Å². The van der Waals surface area contributed by atoms with Gasteiger partial charge in [0, 0.05) is 27.7 Å². The zero-order valence-electron chi connectivity index (χ0n) is 15.2. The standard InChI is InChI=1S/C22H16ClN3O2.ClH/c23-15-7-5-14(6-8-15)21-25-18-4-2-1-3-17(18)22(26-21)24-16-9-10-19-20(13-16)28-12-11-27-19;/h1-10,13H,11-12H2,(H,24,25,26);1H/p-1. The van der Waals surface area contributed by atoms with Gasteiger partial charge in [0.05, 0.1) is 5.52 Å². The van der Waals surface area contributed by atoms with Crippen LogP contribution in [0.4, 0.5) is 11.5 Å². The van der Waals surface area contributed by atoms with Gasteiger partial charge in [-0.15, -0.1) is 0 Å². The molecule has 0 fully saturated rings. The zero-order chi connectivity index (χ0) is 18.9. The Bertz CT molecular complexity index is 1170. The Kier molecular flexibility index (Phi) is 5.43. The third-order valence-electron chi connectivity index (χ3n) is 4.51. The van der Waals surface area contributed by atoms with Crippen LogP contribution in [0.5, 0.6) is 11.5 Å². The lowest BCUT2D eigenvalue weighted by Gasteiger charge is -2.19. The van der Waals surface area contributed by atoms with E-state index in [9.17, 15) is 0 Å². The molecule has 0 amide bonds. The minimum atomic E-state index is 0. The maximum atomic E-state index is 6.02. The number of fused-ring (bicyclic) bond motifs is 2. The monoisotopic (exact) mass is 424 g/mol. The van der Waals surface area contributed by atoms with Crippen molar-refractivity contribution in [1.82, 2.24) is 9.97 Å². The van der Waals surface area contributed by atoms with Gasteiger partial charge in [-0.05, 0) is 48.5 Å². The van der Waals surface area contributed by atoms with Crippen molar-refractivity contribution in [1.29, 1.82) is 0 Å². The van der Waals surface area contributed by atoms with Gasteiger partial charge in [-0.2, -0.15) is 0 Å². The molecule has 1 aliphatic rings. The van der Waals surface area contributed by atoms with E-state index >= 15 is 0 Å². The van der Waals surface area contributed by atoms with Crippen LogP contribution in [0.15, 0.2) is 66.7 Å². The second kappa shape index (κ2) is 8.15. The second-order valence-electron chi connectivity index (χ2n) is 6.40. The van der Waals surface area contributed by atoms with Gasteiger partial charge in [-0.25, -0.2) is 9.97 Å². The van der Waals surface area contributed by atoms with Crippen molar-refractivity contribution in [2.75, 3.05) is 18.5 Å². The largest absolute Gasteiger partial charge is 1.00 e. The van der Waals surface area contributed by atoms with Crippen LogP contribution < -0.4 is 27.2 Å². The SMILES string of the molecule is Clc1ccc(-c2nc(Nc3ccc4c(c3)OCCO4)c3ccccc3n2)cc1.[Cl-]. The minimum absolute atomic E-state index is 0. The highest BCUT2D eigenvalue weighted by Gasteiger charge is 2.14. The Hall–Kier alpha value is -3.02. The topological polar surface area (TPSA) is 56.3 Å². The highest BCUT2D eigenvalue weighted by Crippen LogP contribution is 2.34. The molecular weight excluding hydrogens is 409 g/mol. The van der Waals surface area contributed by atoms with Gasteiger partial charge in [0.1, 0.15) is 19.0 Å². The molecule has 0 atom stereocenters. The highest BCUT2D eigenvalue weighted by atomic mass is 35.5. The maximum absolute atomic E-state index is 6.02. The molecule has 0 radical (unpaired) electrons. The fourth-order valence-corrected chi connectivity index (χ4v) is 3.28. The fourth-order valence-electron chi connectivity index (χ4n) is 3.16. The van der Waals surface area contributed by atoms with E-state index in [0.717, 1.165) is 39.5 Å². The molecule has 2 heterocycles. The molecular formula is C22H16Cl2N3O2-. The third-order valence-corrected chi connectivity index (χ3v) is 4.76. The van der Waals surface area contributed by atoms with Crippen LogP contribution in [-0.2, 0) is 0 Å². The average molecular weight is 425 g/mol. The molecule has 0 saturated heterocycles. The number of anilines is 2. The molecule has 5 rings (SSSR count). The van der Waals surface area contributed by atoms with Crippen molar-refractivity contribution in [2.24, 2.45) is 0 Å². The first-order valence-corrected chi connectivity index (χ1v) is 9.33. The van der Waals surface area contributed by atoms with Crippen molar-refractivity contribution >= 4 is 34.0 Å². The summed E-state index contributed by atoms with van der Waals surface area (Å²) in [7, 11) is 0. The number of benzene rings is 3. The number of rotatable bonds is 3. The van der Waals surface area contributed by atoms with E-state index in [4.69, 9.17) is 31.0 Å². The van der Waals surface area contributed by atoms with Gasteiger partial charge in [0.15, 0.2) is 17.3 Å². The first-order chi connectivity index (χ1) is 13.8. The molecule has 1 aromatic heterocycles. The molecule has 1 aliphatic heterocycles. The van der Waals surface area contributed by atoms with E-state index in [1.54, 1.807) is 0 Å². The molecule has 0 bridgehead atoms. The molecule has 5 nitrogen and oxygen atoms in total. The summed E-state index contributed by atoms with van der Waals surface area (Å²) < 4.78 is 11.3. The van der Waals surface area contributed by atoms with Crippen LogP contribution in [0.3, 0.4) is 0 Å². The van der Waals surface area contributed by atoms with E-state index in [-0.39, 0.29) is 12.4 Å². The number of ether oxygens (including phenoxy) is 2. The number of para-hydroxylation sites is 1. The first-order valence-electron chi connectivity index (χ1n) is 8.96. The van der Waals surface area contributed by atoms with Crippen LogP contribution >= 0.6 is 11.6 Å². The molecule has 4 aromatic rings. The van der Waals surface area contributed by atoms with Gasteiger partial charge in [-0.3, -0.25) is 0 Å². The Morgan fingerprint density at radius 3 is 2.41 bits per heavy atom. The van der Waals surface area contributed by atoms with E-state index < -0.39 is 0 Å². The molecule has 0 aliphatic carbocycles. The van der Waals surface area contributed by atoms with E-state index in [2.05, 4.69) is 5.32 Å². The lowest BCUT2D eigenvalue weighted by atomic mass is 10.1. The van der Waals surface area contributed by atoms with Crippen molar-refractivity contribution in [3.63, 3.8) is 0 Å². The van der Waals surface area contributed by atoms with Crippen LogP contribution in [0.25, 0.3) is 22.3 Å². The van der Waals surface area contributed by atoms with Crippen molar-refractivity contribution in [3.8, 4) is 22.9 Å². The summed E-state index contributed by atoms with van der Waals surface area (Å²) in [5.41, 5.74) is 2.64. The molecule has 146 valence electrons. The molecule has 7 heteroatoms. The van der Waals surface area contributed by atoms with Gasteiger partial charge in [0.2, 0.25) is 0 Å². The summed E-state index contributed by atoms with van der Waals surface area (Å²) in [6.07, 6.45) is 0. The third kappa shape index (κ3) is 3.92. The first kappa shape index (κ1) is 19.3. The lowest BCUT2D eigenvalue weighted by Crippen LogP contribution is -3.00. The van der Waals surface area contributed by atoms with Crippen LogP contribution in [0, 0.1) is 0 Å². The van der Waals surface area contributed by atoms with E-state index in [0.29, 0.717) is 24.1 Å². The summed E-state index contributed by atoms with van der Waals surface area (Å²) in [5.74, 6) is 2.85. The van der Waals surface area contributed by atoms with Gasteiger partial charge >= 0.3 is 0 Å². The Morgan fingerprint density at radius 1 is 0.828 bits per heavy atom. The summed E-state index contributed by atoms with van der Waals surface area (Å²) in [4.78, 5) is 9.48. The Balaban J connectivity index is 0.00000205. The average Bonchev–Trinajstić information content (AvgIpc) is 2.74. The molecule has 0 spiro atoms. The number of halogens is 2. The predicted molar refractivity (Wildman–Crippen MR) is 111 cm³/mol. The summed E-state index contributed by atoms with van der Waals surface area (Å²) in [5, 5.41) is 5.03. The normalized spacial score (nSPS) is 12.3. The number of hydrogen-bond acceptors (Lipinski definition) is 5. The van der Waals surface area contributed by atoms with E-state index in [1.165, 1.54) is 0 Å². The highest BCUT2D eigenvalue weighted by molar-refractivity contribution is 6.30. The number of nitrogens with one attached hydrogen (secondary N) is 1. The maximum Gasteiger partial charge on any atom is 0.163 e. The zero-order valence-corrected chi connectivity index (χ0v) is 16.7. The smallest absolute Gasteiger partial charge is 0.163 e. The van der Waals surface area contributed by atoms with Crippen molar-refractivity contribution in [2.45, 2.75) is 0 Å². The Labute approximate surface area is 179 Å². The summed E-state index contributed by atoms with van der Waals surface area (Å²) in [6.45, 7) is 1.12. The molecule has 0 unspecified atom stereocenters. The van der Waals surface area contributed by atoms with Gasteiger partial charge < -0.3 is 27.2 Å². The molecule has 1 N–H and O–H groups in total. The molecule has 0 saturated carbocycles. The van der Waals surface area contributed by atoms with Crippen LogP contribution in [0.2, 0.25) is 5.02 Å².